The first kappa shape index (κ1) is 18.5. The summed E-state index contributed by atoms with van der Waals surface area (Å²) in [6.07, 6.45) is 0. The highest BCUT2D eigenvalue weighted by Gasteiger charge is 2.80. The van der Waals surface area contributed by atoms with Crippen LogP contribution in [0.1, 0.15) is 0 Å². The minimum atomic E-state index is -0.921. The SMILES string of the molecule is C[Si]1(C)P2[Si](C)(C)[Si](C)(C)P([Si]1(C)C)[Si](C)(C)[Si]2(C)C. The first-order valence-electron chi connectivity index (χ1n) is 8.09. The number of rotatable bonds is 0. The van der Waals surface area contributed by atoms with Crippen LogP contribution >= 0.6 is 13.1 Å². The summed E-state index contributed by atoms with van der Waals surface area (Å²) in [6.45, 7) is 35.8. The summed E-state index contributed by atoms with van der Waals surface area (Å²) >= 11 is 0. The molecule has 0 spiro atoms. The number of hydrogen-bond acceptors (Lipinski definition) is 0. The average Bonchev–Trinajstić information content (AvgIpc) is 2.09. The molecule has 3 heterocycles. The van der Waals surface area contributed by atoms with Gasteiger partial charge in [0.25, 0.3) is 0 Å². The molecule has 0 aromatic heterocycles. The van der Waals surface area contributed by atoms with Crippen molar-refractivity contribution in [3.8, 4) is 0 Å². The fraction of sp³-hybridized carbons (Fsp3) is 1.00. The standard InChI is InChI=1S/C12H36P2Si6/c1-15(2)13-17(5,6)19(9,10)14(16(15,3)4)20(11,12)18(13,7)8/h1-12H3. The third kappa shape index (κ3) is 1.74. The van der Waals surface area contributed by atoms with Gasteiger partial charge in [-0.15, -0.1) is 13.1 Å². The third-order valence-electron chi connectivity index (χ3n) is 7.85. The predicted octanol–water partition coefficient (Wildman–Crippen LogP) is 6.44. The van der Waals surface area contributed by atoms with Gasteiger partial charge in [0.15, 0.2) is 0 Å². The molecule has 3 saturated heterocycles. The molecule has 0 nitrogen and oxygen atoms in total. The second kappa shape index (κ2) is 4.41. The van der Waals surface area contributed by atoms with E-state index in [0.717, 1.165) is 0 Å². The van der Waals surface area contributed by atoms with Gasteiger partial charge in [-0.1, -0.05) is 78.6 Å². The second-order valence-electron chi connectivity index (χ2n) is 10.0. The molecule has 3 rings (SSSR count). The smallest absolute Gasteiger partial charge is 0.0642 e. The maximum Gasteiger partial charge on any atom is 0.0642 e. The van der Waals surface area contributed by atoms with Crippen molar-refractivity contribution in [1.82, 2.24) is 0 Å². The van der Waals surface area contributed by atoms with E-state index in [0.29, 0.717) is 13.1 Å². The van der Waals surface area contributed by atoms with E-state index >= 15 is 0 Å². The van der Waals surface area contributed by atoms with Gasteiger partial charge in [-0.3, -0.25) is 0 Å². The van der Waals surface area contributed by atoms with E-state index in [4.69, 9.17) is 0 Å². The molecule has 0 amide bonds. The van der Waals surface area contributed by atoms with E-state index in [-0.39, 0.29) is 0 Å². The zero-order valence-electron chi connectivity index (χ0n) is 15.9. The molecule has 2 bridgehead atoms. The van der Waals surface area contributed by atoms with E-state index in [1.807, 2.05) is 0 Å². The van der Waals surface area contributed by atoms with Crippen molar-refractivity contribution in [2.24, 2.45) is 0 Å². The van der Waals surface area contributed by atoms with E-state index in [2.05, 4.69) is 78.6 Å². The third-order valence-corrected chi connectivity index (χ3v) is 202. The summed E-state index contributed by atoms with van der Waals surface area (Å²) in [6, 6.07) is 0. The van der Waals surface area contributed by atoms with Gasteiger partial charge >= 0.3 is 0 Å². The molecule has 0 aromatic rings. The minimum absolute atomic E-state index is 0.521. The van der Waals surface area contributed by atoms with Crippen molar-refractivity contribution in [3.05, 3.63) is 0 Å². The van der Waals surface area contributed by atoms with Gasteiger partial charge in [0, 0.05) is 0 Å². The van der Waals surface area contributed by atoms with Crippen LogP contribution in [0.2, 0.25) is 78.6 Å². The molecule has 0 saturated carbocycles. The van der Waals surface area contributed by atoms with Gasteiger partial charge in [-0.05, 0) is 0 Å². The van der Waals surface area contributed by atoms with E-state index in [1.54, 1.807) is 0 Å². The van der Waals surface area contributed by atoms with Crippen molar-refractivity contribution in [2.75, 3.05) is 0 Å². The summed E-state index contributed by atoms with van der Waals surface area (Å²) in [5.74, 6) is 0. The first-order valence-corrected chi connectivity index (χ1v) is 36.8. The van der Waals surface area contributed by atoms with E-state index in [9.17, 15) is 0 Å². The fourth-order valence-electron chi connectivity index (χ4n) is 5.83. The summed E-state index contributed by atoms with van der Waals surface area (Å²) in [5.41, 5.74) is 0. The van der Waals surface area contributed by atoms with Gasteiger partial charge in [-0.25, -0.2) is 0 Å². The van der Waals surface area contributed by atoms with Crippen molar-refractivity contribution in [3.63, 3.8) is 0 Å². The second-order valence-corrected chi connectivity index (χ2v) is 96.4. The Balaban J connectivity index is 2.87. The van der Waals surface area contributed by atoms with Crippen LogP contribution in [0.4, 0.5) is 0 Å². The van der Waals surface area contributed by atoms with Crippen LogP contribution in [0.15, 0.2) is 0 Å². The van der Waals surface area contributed by atoms with Crippen LogP contribution in [-0.4, -0.2) is 43.6 Å². The summed E-state index contributed by atoms with van der Waals surface area (Å²) < 4.78 is 0. The molecule has 118 valence electrons. The Morgan fingerprint density at radius 3 is 0.500 bits per heavy atom. The van der Waals surface area contributed by atoms with Crippen LogP contribution in [0.5, 0.6) is 0 Å². The first-order chi connectivity index (χ1) is 8.48. The lowest BCUT2D eigenvalue weighted by Gasteiger charge is -2.80. The van der Waals surface area contributed by atoms with Crippen LogP contribution < -0.4 is 0 Å². The maximum absolute atomic E-state index is 2.90. The molecule has 3 aliphatic rings. The molecule has 0 N–H and O–H groups in total. The lowest BCUT2D eigenvalue weighted by Crippen LogP contribution is -2.84. The maximum atomic E-state index is 2.90. The molecular weight excluding hydrogens is 375 g/mol. The highest BCUT2D eigenvalue weighted by Crippen LogP contribution is 2.88. The number of hydrogen-bond donors (Lipinski definition) is 0. The summed E-state index contributed by atoms with van der Waals surface area (Å²) in [5, 5.41) is 0. The van der Waals surface area contributed by atoms with Crippen LogP contribution in [0, 0.1) is 0 Å². The largest absolute Gasteiger partial charge is 0.145 e. The molecule has 3 fully saturated rings. The van der Waals surface area contributed by atoms with Crippen molar-refractivity contribution in [2.45, 2.75) is 78.6 Å². The van der Waals surface area contributed by atoms with E-state index in [1.165, 1.54) is 0 Å². The minimum Gasteiger partial charge on any atom is -0.145 e. The normalized spacial score (nSPS) is 41.4. The molecule has 0 aliphatic carbocycles. The molecule has 0 atom stereocenters. The van der Waals surface area contributed by atoms with Crippen molar-refractivity contribution >= 4 is 56.7 Å². The average molecular weight is 411 g/mol. The summed E-state index contributed by atoms with van der Waals surface area (Å²) in [7, 11) is -5.52. The van der Waals surface area contributed by atoms with Gasteiger partial charge in [-0.2, -0.15) is 0 Å². The van der Waals surface area contributed by atoms with Gasteiger partial charge in [0.1, 0.15) is 0 Å². The van der Waals surface area contributed by atoms with Crippen molar-refractivity contribution < 1.29 is 0 Å². The molecule has 8 heteroatoms. The van der Waals surface area contributed by atoms with Gasteiger partial charge in [0.2, 0.25) is 0 Å². The molecular formula is C12H36P2Si6. The topological polar surface area (TPSA) is 0 Å². The van der Waals surface area contributed by atoms with Gasteiger partial charge in [0.05, 0.1) is 43.6 Å². The predicted molar refractivity (Wildman–Crippen MR) is 119 cm³/mol. The molecule has 0 radical (unpaired) electrons. The number of fused-ring (bicyclic) bond motifs is 3. The van der Waals surface area contributed by atoms with Gasteiger partial charge < -0.3 is 0 Å². The molecule has 3 aliphatic heterocycles. The lowest BCUT2D eigenvalue weighted by molar-refractivity contribution is 1.84. The Hall–Kier alpha value is 2.16. The highest BCUT2D eigenvalue weighted by molar-refractivity contribution is 8.74. The Labute approximate surface area is 134 Å². The van der Waals surface area contributed by atoms with Crippen LogP contribution in [0.25, 0.3) is 0 Å². The van der Waals surface area contributed by atoms with Crippen LogP contribution in [0.3, 0.4) is 0 Å². The quantitative estimate of drug-likeness (QED) is 0.318. The Morgan fingerprint density at radius 1 is 0.300 bits per heavy atom. The monoisotopic (exact) mass is 410 g/mol. The lowest BCUT2D eigenvalue weighted by atomic mass is 11.9. The van der Waals surface area contributed by atoms with Crippen LogP contribution in [-0.2, 0) is 0 Å². The van der Waals surface area contributed by atoms with E-state index < -0.39 is 43.6 Å². The summed E-state index contributed by atoms with van der Waals surface area (Å²) in [4.78, 5) is 0. The Morgan fingerprint density at radius 2 is 0.400 bits per heavy atom. The molecule has 0 aromatic carbocycles. The Kier molecular flexibility index (Phi) is 4.08. The molecule has 0 unspecified atom stereocenters. The zero-order chi connectivity index (χ0) is 16.2. The fourth-order valence-corrected chi connectivity index (χ4v) is 403. The highest BCUT2D eigenvalue weighted by atomic mass is 32.0. The van der Waals surface area contributed by atoms with Crippen molar-refractivity contribution in [1.29, 1.82) is 0 Å². The Bertz CT molecular complexity index is 346. The molecule has 20 heavy (non-hydrogen) atoms. The zero-order valence-corrected chi connectivity index (χ0v) is 23.7.